The van der Waals surface area contributed by atoms with E-state index in [0.717, 1.165) is 33.3 Å². The molecule has 0 radical (unpaired) electrons. The Labute approximate surface area is 114 Å². The molecular formula is C12H15BrN2OS. The molecule has 1 unspecified atom stereocenters. The van der Waals surface area contributed by atoms with E-state index in [1.807, 2.05) is 18.2 Å². The molecule has 0 aromatic heterocycles. The molecule has 0 fully saturated rings. The zero-order valence-corrected chi connectivity index (χ0v) is 12.3. The fourth-order valence-electron chi connectivity index (χ4n) is 1.57. The Bertz CT molecular complexity index is 437. The van der Waals surface area contributed by atoms with E-state index in [-0.39, 0.29) is 0 Å². The van der Waals surface area contributed by atoms with Gasteiger partial charge in [0, 0.05) is 22.0 Å². The summed E-state index contributed by atoms with van der Waals surface area (Å²) in [5.41, 5.74) is 0.997. The molecule has 1 aliphatic rings. The molecule has 5 heteroatoms. The van der Waals surface area contributed by atoms with Gasteiger partial charge in [-0.2, -0.15) is 0 Å². The molecule has 0 amide bonds. The topological polar surface area (TPSA) is 33.6 Å². The summed E-state index contributed by atoms with van der Waals surface area (Å²) >= 11 is 5.23. The summed E-state index contributed by atoms with van der Waals surface area (Å²) in [5, 5.41) is 4.32. The van der Waals surface area contributed by atoms with Crippen molar-refractivity contribution in [2.45, 2.75) is 19.4 Å². The standard InChI is InChI=1S/C12H15BrN2OS/c1-8-3-4-17-12(14-8)15-10-5-9(13)6-11(7-10)16-2/h5-8H,3-4H2,1-2H3,(H,14,15). The quantitative estimate of drug-likeness (QED) is 0.902. The van der Waals surface area contributed by atoms with Gasteiger partial charge in [-0.1, -0.05) is 27.7 Å². The number of nitrogens with zero attached hydrogens (tertiary/aromatic N) is 1. The van der Waals surface area contributed by atoms with Gasteiger partial charge in [0.05, 0.1) is 13.2 Å². The number of amidine groups is 1. The highest BCUT2D eigenvalue weighted by molar-refractivity contribution is 9.10. The van der Waals surface area contributed by atoms with Crippen LogP contribution in [0.5, 0.6) is 5.75 Å². The lowest BCUT2D eigenvalue weighted by Gasteiger charge is -2.18. The van der Waals surface area contributed by atoms with E-state index >= 15 is 0 Å². The monoisotopic (exact) mass is 314 g/mol. The fraction of sp³-hybridized carbons (Fsp3) is 0.417. The SMILES string of the molecule is COc1cc(Br)cc(NC2=NC(C)CCS2)c1. The number of benzene rings is 1. The predicted molar refractivity (Wildman–Crippen MR) is 78.3 cm³/mol. The molecule has 1 heterocycles. The van der Waals surface area contributed by atoms with E-state index in [9.17, 15) is 0 Å². The highest BCUT2D eigenvalue weighted by Crippen LogP contribution is 2.26. The first-order valence-electron chi connectivity index (χ1n) is 5.49. The van der Waals surface area contributed by atoms with Gasteiger partial charge in [0.1, 0.15) is 5.75 Å². The molecule has 2 rings (SSSR count). The van der Waals surface area contributed by atoms with E-state index in [2.05, 4.69) is 33.2 Å². The number of ether oxygens (including phenoxy) is 1. The van der Waals surface area contributed by atoms with Crippen molar-refractivity contribution in [2.24, 2.45) is 4.99 Å². The number of methoxy groups -OCH3 is 1. The minimum absolute atomic E-state index is 0.410. The number of thioether (sulfide) groups is 1. The van der Waals surface area contributed by atoms with E-state index in [0.29, 0.717) is 6.04 Å². The van der Waals surface area contributed by atoms with Crippen LogP contribution in [0.1, 0.15) is 13.3 Å². The van der Waals surface area contributed by atoms with Gasteiger partial charge in [0.15, 0.2) is 5.17 Å². The Hall–Kier alpha value is -0.680. The number of rotatable bonds is 2. The average molecular weight is 315 g/mol. The van der Waals surface area contributed by atoms with Gasteiger partial charge in [-0.15, -0.1) is 0 Å². The van der Waals surface area contributed by atoms with Crippen LogP contribution in [0, 0.1) is 0 Å². The first kappa shape index (κ1) is 12.8. The van der Waals surface area contributed by atoms with E-state index in [4.69, 9.17) is 4.74 Å². The van der Waals surface area contributed by atoms with Gasteiger partial charge in [-0.05, 0) is 25.5 Å². The summed E-state index contributed by atoms with van der Waals surface area (Å²) in [5.74, 6) is 1.95. The van der Waals surface area contributed by atoms with E-state index in [1.165, 1.54) is 0 Å². The molecule has 0 bridgehead atoms. The van der Waals surface area contributed by atoms with Gasteiger partial charge >= 0.3 is 0 Å². The molecule has 0 aliphatic carbocycles. The van der Waals surface area contributed by atoms with Crippen LogP contribution in [0.2, 0.25) is 0 Å². The summed E-state index contributed by atoms with van der Waals surface area (Å²) in [6.07, 6.45) is 1.15. The molecule has 1 aromatic carbocycles. The number of hydrogen-bond acceptors (Lipinski definition) is 4. The summed E-state index contributed by atoms with van der Waals surface area (Å²) in [6.45, 7) is 2.14. The third-order valence-electron chi connectivity index (χ3n) is 2.47. The van der Waals surface area contributed by atoms with Crippen molar-refractivity contribution in [2.75, 3.05) is 18.2 Å². The smallest absolute Gasteiger partial charge is 0.161 e. The van der Waals surface area contributed by atoms with Gasteiger partial charge in [-0.3, -0.25) is 4.99 Å². The summed E-state index contributed by atoms with van der Waals surface area (Å²) in [7, 11) is 1.67. The Morgan fingerprint density at radius 1 is 1.47 bits per heavy atom. The van der Waals surface area contributed by atoms with Crippen LogP contribution in [0.25, 0.3) is 0 Å². The number of aliphatic imine (C=N–C) groups is 1. The average Bonchev–Trinajstić information content (AvgIpc) is 2.28. The van der Waals surface area contributed by atoms with Crippen LogP contribution in [-0.4, -0.2) is 24.1 Å². The van der Waals surface area contributed by atoms with Gasteiger partial charge in [0.2, 0.25) is 0 Å². The second kappa shape index (κ2) is 5.78. The second-order valence-corrected chi connectivity index (χ2v) is 5.92. The van der Waals surface area contributed by atoms with Crippen LogP contribution in [0.3, 0.4) is 0 Å². The Morgan fingerprint density at radius 3 is 3.00 bits per heavy atom. The number of hydrogen-bond donors (Lipinski definition) is 1. The van der Waals surface area contributed by atoms with E-state index in [1.54, 1.807) is 18.9 Å². The Morgan fingerprint density at radius 2 is 2.29 bits per heavy atom. The molecule has 0 saturated carbocycles. The third kappa shape index (κ3) is 3.64. The van der Waals surface area contributed by atoms with Crippen LogP contribution in [0.15, 0.2) is 27.7 Å². The number of nitrogens with one attached hydrogen (secondary N) is 1. The zero-order chi connectivity index (χ0) is 12.3. The molecular weight excluding hydrogens is 300 g/mol. The van der Waals surface area contributed by atoms with Crippen molar-refractivity contribution < 1.29 is 4.74 Å². The maximum Gasteiger partial charge on any atom is 0.161 e. The first-order valence-corrected chi connectivity index (χ1v) is 7.27. The van der Waals surface area contributed by atoms with Crippen molar-refractivity contribution in [3.63, 3.8) is 0 Å². The number of halogens is 1. The second-order valence-electron chi connectivity index (χ2n) is 3.93. The highest BCUT2D eigenvalue weighted by Gasteiger charge is 2.12. The highest BCUT2D eigenvalue weighted by atomic mass is 79.9. The molecule has 92 valence electrons. The molecule has 1 N–H and O–H groups in total. The zero-order valence-electron chi connectivity index (χ0n) is 9.87. The predicted octanol–water partition coefficient (Wildman–Crippen LogP) is 3.75. The van der Waals surface area contributed by atoms with Gasteiger partial charge in [-0.25, -0.2) is 0 Å². The van der Waals surface area contributed by atoms with Crippen LogP contribution in [-0.2, 0) is 0 Å². The maximum absolute atomic E-state index is 5.23. The summed E-state index contributed by atoms with van der Waals surface area (Å²) in [6, 6.07) is 6.33. The molecule has 3 nitrogen and oxygen atoms in total. The Kier molecular flexibility index (Phi) is 4.34. The maximum atomic E-state index is 5.23. The lowest BCUT2D eigenvalue weighted by Crippen LogP contribution is -2.17. The molecule has 0 spiro atoms. The Balaban J connectivity index is 2.15. The first-order chi connectivity index (χ1) is 8.17. The van der Waals surface area contributed by atoms with Gasteiger partial charge < -0.3 is 10.1 Å². The van der Waals surface area contributed by atoms with Crippen molar-refractivity contribution in [3.05, 3.63) is 22.7 Å². The van der Waals surface area contributed by atoms with Crippen LogP contribution in [0.4, 0.5) is 5.69 Å². The fourth-order valence-corrected chi connectivity index (χ4v) is 3.14. The minimum Gasteiger partial charge on any atom is -0.497 e. The van der Waals surface area contributed by atoms with Crippen molar-refractivity contribution in [3.8, 4) is 5.75 Å². The van der Waals surface area contributed by atoms with Crippen LogP contribution >= 0.6 is 27.7 Å². The summed E-state index contributed by atoms with van der Waals surface area (Å²) in [4.78, 5) is 4.58. The molecule has 1 aliphatic heterocycles. The molecule has 1 aromatic rings. The van der Waals surface area contributed by atoms with Crippen LogP contribution < -0.4 is 10.1 Å². The van der Waals surface area contributed by atoms with Gasteiger partial charge in [0.25, 0.3) is 0 Å². The normalized spacial score (nSPS) is 19.7. The van der Waals surface area contributed by atoms with E-state index < -0.39 is 0 Å². The molecule has 17 heavy (non-hydrogen) atoms. The van der Waals surface area contributed by atoms with Crippen molar-refractivity contribution in [1.29, 1.82) is 0 Å². The molecule has 1 atom stereocenters. The molecule has 0 saturated heterocycles. The lowest BCUT2D eigenvalue weighted by atomic mass is 10.3. The lowest BCUT2D eigenvalue weighted by molar-refractivity contribution is 0.415. The minimum atomic E-state index is 0.410. The van der Waals surface area contributed by atoms with Crippen molar-refractivity contribution in [1.82, 2.24) is 0 Å². The largest absolute Gasteiger partial charge is 0.497 e. The number of anilines is 1. The van der Waals surface area contributed by atoms with Crippen molar-refractivity contribution >= 4 is 38.5 Å². The summed E-state index contributed by atoms with van der Waals surface area (Å²) < 4.78 is 6.22. The third-order valence-corrected chi connectivity index (χ3v) is 3.85.